The van der Waals surface area contributed by atoms with Crippen molar-refractivity contribution in [2.75, 3.05) is 24.2 Å². The lowest BCUT2D eigenvalue weighted by Gasteiger charge is -2.17. The van der Waals surface area contributed by atoms with Gasteiger partial charge in [-0.05, 0) is 12.1 Å². The van der Waals surface area contributed by atoms with Gasteiger partial charge in [0.1, 0.15) is 6.04 Å². The van der Waals surface area contributed by atoms with Gasteiger partial charge in [0.2, 0.25) is 11.8 Å². The third-order valence-corrected chi connectivity index (χ3v) is 4.57. The number of nitrogens with zero attached hydrogens (tertiary/aromatic N) is 1. The molecule has 1 aromatic heterocycles. The molecule has 7 N–H and O–H groups in total. The van der Waals surface area contributed by atoms with Crippen LogP contribution in [0.15, 0.2) is 42.5 Å². The topological polar surface area (TPSA) is 170 Å². The van der Waals surface area contributed by atoms with Gasteiger partial charge in [-0.15, -0.1) is 0 Å². The Kier molecular flexibility index (Phi) is 9.10. The maximum Gasteiger partial charge on any atom is 0.326 e. The van der Waals surface area contributed by atoms with Crippen LogP contribution in [0.25, 0.3) is 11.3 Å². The molecule has 2 atom stereocenters. The Morgan fingerprint density at radius 1 is 1.16 bits per heavy atom. The Morgan fingerprint density at radius 2 is 1.87 bits per heavy atom. The lowest BCUT2D eigenvalue weighted by molar-refractivity contribution is -0.143. The number of aromatic nitrogens is 1. The van der Waals surface area contributed by atoms with Gasteiger partial charge in [0, 0.05) is 23.9 Å². The zero-order valence-electron chi connectivity index (χ0n) is 16.7. The number of thiol groups is 1. The second-order valence-electron chi connectivity index (χ2n) is 6.66. The van der Waals surface area contributed by atoms with Gasteiger partial charge in [-0.1, -0.05) is 30.3 Å². The van der Waals surface area contributed by atoms with Gasteiger partial charge in [0.05, 0.1) is 17.8 Å². The van der Waals surface area contributed by atoms with Gasteiger partial charge in [-0.2, -0.15) is 12.6 Å². The van der Waals surface area contributed by atoms with Crippen LogP contribution in [0.3, 0.4) is 0 Å². The summed E-state index contributed by atoms with van der Waals surface area (Å²) in [5.74, 6) is -2.35. The SMILES string of the molecule is NC(=O)CC(NC(=O)COc1nc(-c2ccccc2)ccc1NCC(N)CS)C(=O)O. The van der Waals surface area contributed by atoms with Crippen molar-refractivity contribution in [1.82, 2.24) is 10.3 Å². The minimum absolute atomic E-state index is 0.143. The standard InChI is InChI=1S/C20H25N5O5S/c21-13(11-31)9-23-15-7-6-14(12-4-2-1-3-5-12)25-19(15)30-10-18(27)24-16(20(28)29)8-17(22)26/h1-7,13,16,23,31H,8-11,21H2,(H2,22,26)(H,24,27)(H,28,29). The molecular formula is C20H25N5O5S. The van der Waals surface area contributed by atoms with Crippen molar-refractivity contribution in [3.05, 3.63) is 42.5 Å². The van der Waals surface area contributed by atoms with Crippen LogP contribution in [0.4, 0.5) is 5.69 Å². The quantitative estimate of drug-likeness (QED) is 0.251. The number of primary amides is 1. The third-order valence-electron chi connectivity index (χ3n) is 4.10. The number of carbonyl (C=O) groups is 3. The highest BCUT2D eigenvalue weighted by Crippen LogP contribution is 2.27. The van der Waals surface area contributed by atoms with Crippen LogP contribution in [0, 0.1) is 0 Å². The highest BCUT2D eigenvalue weighted by molar-refractivity contribution is 7.80. The summed E-state index contributed by atoms with van der Waals surface area (Å²) in [5.41, 5.74) is 12.9. The summed E-state index contributed by atoms with van der Waals surface area (Å²) in [7, 11) is 0. The van der Waals surface area contributed by atoms with Gasteiger partial charge >= 0.3 is 5.97 Å². The van der Waals surface area contributed by atoms with E-state index in [0.29, 0.717) is 23.7 Å². The Bertz CT molecular complexity index is 912. The first kappa shape index (κ1) is 24.0. The Balaban J connectivity index is 2.15. The van der Waals surface area contributed by atoms with Gasteiger partial charge < -0.3 is 31.9 Å². The molecule has 2 aromatic rings. The number of ether oxygens (including phenoxy) is 1. The average molecular weight is 448 g/mol. The number of nitrogens with one attached hydrogen (secondary N) is 2. The van der Waals surface area contributed by atoms with Crippen LogP contribution in [-0.4, -0.2) is 58.9 Å². The Labute approximate surface area is 184 Å². The largest absolute Gasteiger partial charge is 0.480 e. The highest BCUT2D eigenvalue weighted by Gasteiger charge is 2.22. The van der Waals surface area contributed by atoms with E-state index in [2.05, 4.69) is 28.2 Å². The predicted octanol–water partition coefficient (Wildman–Crippen LogP) is 0.241. The monoisotopic (exact) mass is 447 g/mol. The second-order valence-corrected chi connectivity index (χ2v) is 7.02. The average Bonchev–Trinajstić information content (AvgIpc) is 2.76. The molecule has 0 bridgehead atoms. The number of carboxylic acids is 1. The number of hydrogen-bond donors (Lipinski definition) is 6. The molecule has 1 aromatic carbocycles. The minimum atomic E-state index is -1.44. The first-order valence-corrected chi connectivity index (χ1v) is 10.0. The first-order chi connectivity index (χ1) is 14.8. The van der Waals surface area contributed by atoms with Crippen molar-refractivity contribution >= 4 is 36.1 Å². The van der Waals surface area contributed by atoms with Crippen LogP contribution in [-0.2, 0) is 14.4 Å². The molecule has 166 valence electrons. The number of pyridine rings is 1. The predicted molar refractivity (Wildman–Crippen MR) is 119 cm³/mol. The lowest BCUT2D eigenvalue weighted by Crippen LogP contribution is -2.45. The number of anilines is 1. The fourth-order valence-corrected chi connectivity index (χ4v) is 2.66. The summed E-state index contributed by atoms with van der Waals surface area (Å²) in [6, 6.07) is 11.3. The van der Waals surface area contributed by atoms with Gasteiger partial charge in [0.25, 0.3) is 5.91 Å². The number of rotatable bonds is 12. The number of carbonyl (C=O) groups excluding carboxylic acids is 2. The molecule has 0 aliphatic carbocycles. The highest BCUT2D eigenvalue weighted by atomic mass is 32.1. The molecule has 10 nitrogen and oxygen atoms in total. The maximum absolute atomic E-state index is 12.2. The molecule has 0 saturated heterocycles. The van der Waals surface area contributed by atoms with Gasteiger partial charge in [0.15, 0.2) is 6.61 Å². The molecule has 2 rings (SSSR count). The number of benzene rings is 1. The number of amides is 2. The molecule has 11 heteroatoms. The summed E-state index contributed by atoms with van der Waals surface area (Å²) in [6.45, 7) is -0.112. The van der Waals surface area contributed by atoms with E-state index in [1.54, 1.807) is 12.1 Å². The maximum atomic E-state index is 12.2. The van der Waals surface area contributed by atoms with E-state index in [0.717, 1.165) is 5.56 Å². The smallest absolute Gasteiger partial charge is 0.326 e. The normalized spacial score (nSPS) is 12.5. The third kappa shape index (κ3) is 7.79. The van der Waals surface area contributed by atoms with Crippen LogP contribution in [0.5, 0.6) is 5.88 Å². The van der Waals surface area contributed by atoms with E-state index in [1.807, 2.05) is 30.3 Å². The molecule has 31 heavy (non-hydrogen) atoms. The molecular weight excluding hydrogens is 422 g/mol. The fourth-order valence-electron chi connectivity index (χ4n) is 2.53. The zero-order chi connectivity index (χ0) is 22.8. The molecule has 0 fully saturated rings. The van der Waals surface area contributed by atoms with Crippen molar-refractivity contribution in [3.8, 4) is 17.1 Å². The van der Waals surface area contributed by atoms with E-state index in [1.165, 1.54) is 0 Å². The summed E-state index contributed by atoms with van der Waals surface area (Å²) >= 11 is 4.15. The number of aliphatic carboxylic acids is 1. The van der Waals surface area contributed by atoms with E-state index < -0.39 is 36.9 Å². The molecule has 0 radical (unpaired) electrons. The van der Waals surface area contributed by atoms with Crippen molar-refractivity contribution < 1.29 is 24.2 Å². The van der Waals surface area contributed by atoms with Crippen LogP contribution < -0.4 is 26.8 Å². The van der Waals surface area contributed by atoms with Crippen LogP contribution >= 0.6 is 12.6 Å². The fraction of sp³-hybridized carbons (Fsp3) is 0.300. The summed E-state index contributed by atoms with van der Waals surface area (Å²) in [4.78, 5) is 38.8. The molecule has 0 aliphatic rings. The van der Waals surface area contributed by atoms with Crippen molar-refractivity contribution in [2.24, 2.45) is 11.5 Å². The second kappa shape index (κ2) is 11.8. The van der Waals surface area contributed by atoms with Crippen molar-refractivity contribution in [2.45, 2.75) is 18.5 Å². The molecule has 1 heterocycles. The van der Waals surface area contributed by atoms with E-state index in [-0.39, 0.29) is 11.9 Å². The van der Waals surface area contributed by atoms with Crippen molar-refractivity contribution in [3.63, 3.8) is 0 Å². The van der Waals surface area contributed by atoms with E-state index in [4.69, 9.17) is 21.3 Å². The molecule has 0 saturated carbocycles. The van der Waals surface area contributed by atoms with Crippen LogP contribution in [0.1, 0.15) is 6.42 Å². The molecule has 2 unspecified atom stereocenters. The molecule has 0 aliphatic heterocycles. The summed E-state index contributed by atoms with van der Waals surface area (Å²) < 4.78 is 5.56. The van der Waals surface area contributed by atoms with Gasteiger partial charge in [-0.3, -0.25) is 9.59 Å². The number of nitrogens with two attached hydrogens (primary N) is 2. The summed E-state index contributed by atoms with van der Waals surface area (Å²) in [5, 5.41) is 14.4. The molecule has 0 spiro atoms. The molecule has 2 amide bonds. The van der Waals surface area contributed by atoms with Gasteiger partial charge in [-0.25, -0.2) is 9.78 Å². The summed E-state index contributed by atoms with van der Waals surface area (Å²) in [6.07, 6.45) is -0.531. The van der Waals surface area contributed by atoms with E-state index in [9.17, 15) is 14.4 Å². The number of hydrogen-bond acceptors (Lipinski definition) is 8. The Hall–Kier alpha value is -3.31. The number of carboxylic acid groups (broad SMARTS) is 1. The lowest BCUT2D eigenvalue weighted by atomic mass is 10.1. The zero-order valence-corrected chi connectivity index (χ0v) is 17.5. The minimum Gasteiger partial charge on any atom is -0.480 e. The first-order valence-electron chi connectivity index (χ1n) is 9.40. The Morgan fingerprint density at radius 3 is 2.48 bits per heavy atom. The van der Waals surface area contributed by atoms with E-state index >= 15 is 0 Å². The van der Waals surface area contributed by atoms with Crippen LogP contribution in [0.2, 0.25) is 0 Å². The van der Waals surface area contributed by atoms with Crippen molar-refractivity contribution in [1.29, 1.82) is 0 Å².